The fourth-order valence-corrected chi connectivity index (χ4v) is 3.78. The maximum Gasteiger partial charge on any atom is 0.298 e. The van der Waals surface area contributed by atoms with Gasteiger partial charge in [0.15, 0.2) is 0 Å². The number of amides is 2. The molecule has 0 aromatic heterocycles. The Morgan fingerprint density at radius 1 is 0.897 bits per heavy atom. The standard InChI is InChI=1S/C24H19NO3S/c1-17-7-11-20(12-8-17)25-23(26)22(29-24(25)27)15-18-9-13-21(14-10-18)28-16-19-5-3-2-4-6-19/h2-15H,16H2,1H3/b22-15+. The van der Waals surface area contributed by atoms with E-state index in [0.717, 1.165) is 34.2 Å². The summed E-state index contributed by atoms with van der Waals surface area (Å²) in [5.74, 6) is 0.451. The lowest BCUT2D eigenvalue weighted by molar-refractivity contribution is -0.113. The Labute approximate surface area is 173 Å². The third-order valence-corrected chi connectivity index (χ3v) is 5.38. The zero-order chi connectivity index (χ0) is 20.2. The molecule has 2 amide bonds. The summed E-state index contributed by atoms with van der Waals surface area (Å²) in [6.07, 6.45) is 1.74. The molecule has 4 nitrogen and oxygen atoms in total. The number of ether oxygens (including phenoxy) is 1. The second-order valence-electron chi connectivity index (χ2n) is 6.70. The average Bonchev–Trinajstić information content (AvgIpc) is 3.02. The van der Waals surface area contributed by atoms with Gasteiger partial charge in [0.05, 0.1) is 10.6 Å². The van der Waals surface area contributed by atoms with E-state index in [2.05, 4.69) is 0 Å². The molecule has 29 heavy (non-hydrogen) atoms. The van der Waals surface area contributed by atoms with Crippen LogP contribution in [0.4, 0.5) is 10.5 Å². The Morgan fingerprint density at radius 2 is 1.59 bits per heavy atom. The van der Waals surface area contributed by atoms with Crippen LogP contribution in [0.5, 0.6) is 5.75 Å². The van der Waals surface area contributed by atoms with Crippen LogP contribution in [0.2, 0.25) is 0 Å². The van der Waals surface area contributed by atoms with Crippen LogP contribution < -0.4 is 9.64 Å². The molecule has 5 heteroatoms. The van der Waals surface area contributed by atoms with Gasteiger partial charge >= 0.3 is 0 Å². The van der Waals surface area contributed by atoms with Gasteiger partial charge in [-0.3, -0.25) is 9.59 Å². The molecule has 0 unspecified atom stereocenters. The lowest BCUT2D eigenvalue weighted by Gasteiger charge is -2.12. The molecular formula is C24H19NO3S. The van der Waals surface area contributed by atoms with Gasteiger partial charge in [0.2, 0.25) is 0 Å². The summed E-state index contributed by atoms with van der Waals surface area (Å²) >= 11 is 0.955. The molecule has 4 rings (SSSR count). The number of benzene rings is 3. The lowest BCUT2D eigenvalue weighted by Crippen LogP contribution is -2.27. The molecule has 1 aliphatic rings. The number of aryl methyl sites for hydroxylation is 1. The van der Waals surface area contributed by atoms with E-state index in [1.165, 1.54) is 4.90 Å². The van der Waals surface area contributed by atoms with Crippen molar-refractivity contribution in [1.82, 2.24) is 0 Å². The molecule has 0 saturated carbocycles. The third-order valence-electron chi connectivity index (χ3n) is 4.51. The van der Waals surface area contributed by atoms with E-state index in [-0.39, 0.29) is 11.1 Å². The molecule has 1 heterocycles. The van der Waals surface area contributed by atoms with Crippen molar-refractivity contribution in [3.8, 4) is 5.75 Å². The van der Waals surface area contributed by atoms with Gasteiger partial charge < -0.3 is 4.74 Å². The molecule has 144 valence electrons. The third kappa shape index (κ3) is 4.41. The minimum absolute atomic E-state index is 0.284. The van der Waals surface area contributed by atoms with Gasteiger partial charge in [-0.05, 0) is 60.2 Å². The van der Waals surface area contributed by atoms with E-state index in [9.17, 15) is 9.59 Å². The van der Waals surface area contributed by atoms with E-state index in [1.54, 1.807) is 18.2 Å². The van der Waals surface area contributed by atoms with Gasteiger partial charge in [0.25, 0.3) is 11.1 Å². The first kappa shape index (κ1) is 19.0. The number of rotatable bonds is 5. The number of thioether (sulfide) groups is 1. The monoisotopic (exact) mass is 401 g/mol. The van der Waals surface area contributed by atoms with Crippen LogP contribution in [0.1, 0.15) is 16.7 Å². The van der Waals surface area contributed by atoms with Crippen molar-refractivity contribution in [1.29, 1.82) is 0 Å². The number of carbonyl (C=O) groups excluding carboxylic acids is 2. The molecule has 0 radical (unpaired) electrons. The summed E-state index contributed by atoms with van der Waals surface area (Å²) < 4.78 is 5.78. The summed E-state index contributed by atoms with van der Waals surface area (Å²) in [5, 5.41) is -0.284. The zero-order valence-electron chi connectivity index (χ0n) is 15.9. The summed E-state index contributed by atoms with van der Waals surface area (Å²) in [7, 11) is 0. The van der Waals surface area contributed by atoms with Crippen molar-refractivity contribution < 1.29 is 14.3 Å². The smallest absolute Gasteiger partial charge is 0.298 e. The van der Waals surface area contributed by atoms with Gasteiger partial charge in [0, 0.05) is 0 Å². The first-order chi connectivity index (χ1) is 14.1. The highest BCUT2D eigenvalue weighted by atomic mass is 32.2. The second kappa shape index (κ2) is 8.37. The van der Waals surface area contributed by atoms with Crippen LogP contribution in [0.3, 0.4) is 0 Å². The lowest BCUT2D eigenvalue weighted by atomic mass is 10.2. The zero-order valence-corrected chi connectivity index (χ0v) is 16.7. The summed E-state index contributed by atoms with van der Waals surface area (Å²) in [4.78, 5) is 26.7. The Balaban J connectivity index is 1.45. The highest BCUT2D eigenvalue weighted by Crippen LogP contribution is 2.35. The van der Waals surface area contributed by atoms with E-state index in [1.807, 2.05) is 73.7 Å². The van der Waals surface area contributed by atoms with Crippen molar-refractivity contribution in [2.75, 3.05) is 4.90 Å². The molecule has 1 aliphatic heterocycles. The van der Waals surface area contributed by atoms with E-state index < -0.39 is 0 Å². The van der Waals surface area contributed by atoms with E-state index in [0.29, 0.717) is 17.2 Å². The first-order valence-corrected chi connectivity index (χ1v) is 10.0. The predicted octanol–water partition coefficient (Wildman–Crippen LogP) is 5.81. The highest BCUT2D eigenvalue weighted by molar-refractivity contribution is 8.19. The van der Waals surface area contributed by atoms with Crippen LogP contribution in [0.25, 0.3) is 6.08 Å². The molecule has 0 N–H and O–H groups in total. The van der Waals surface area contributed by atoms with Crippen molar-refractivity contribution in [3.05, 3.63) is 100 Å². The predicted molar refractivity (Wildman–Crippen MR) is 117 cm³/mol. The molecule has 1 fully saturated rings. The summed E-state index contributed by atoms with van der Waals surface area (Å²) in [6.45, 7) is 2.46. The fourth-order valence-electron chi connectivity index (χ4n) is 2.94. The van der Waals surface area contributed by atoms with Gasteiger partial charge in [-0.25, -0.2) is 4.90 Å². The Morgan fingerprint density at radius 3 is 2.28 bits per heavy atom. The van der Waals surface area contributed by atoms with Crippen molar-refractivity contribution >= 4 is 34.7 Å². The van der Waals surface area contributed by atoms with E-state index >= 15 is 0 Å². The van der Waals surface area contributed by atoms with Crippen molar-refractivity contribution in [2.45, 2.75) is 13.5 Å². The number of imide groups is 1. The fraction of sp³-hybridized carbons (Fsp3) is 0.0833. The highest BCUT2D eigenvalue weighted by Gasteiger charge is 2.36. The van der Waals surface area contributed by atoms with Crippen molar-refractivity contribution in [3.63, 3.8) is 0 Å². The number of hydrogen-bond acceptors (Lipinski definition) is 4. The molecule has 3 aromatic rings. The molecule has 1 saturated heterocycles. The van der Waals surface area contributed by atoms with Crippen LogP contribution in [-0.4, -0.2) is 11.1 Å². The second-order valence-corrected chi connectivity index (χ2v) is 7.69. The van der Waals surface area contributed by atoms with Gasteiger partial charge in [-0.1, -0.05) is 60.2 Å². The normalized spacial score (nSPS) is 15.2. The quantitative estimate of drug-likeness (QED) is 0.506. The maximum absolute atomic E-state index is 12.7. The van der Waals surface area contributed by atoms with Crippen LogP contribution in [0, 0.1) is 6.92 Å². The molecule has 0 spiro atoms. The SMILES string of the molecule is Cc1ccc(N2C(=O)S/C(=C/c3ccc(OCc4ccccc4)cc3)C2=O)cc1. The maximum atomic E-state index is 12.7. The van der Waals surface area contributed by atoms with Crippen molar-refractivity contribution in [2.24, 2.45) is 0 Å². The molecular weight excluding hydrogens is 382 g/mol. The van der Waals surface area contributed by atoms with Gasteiger partial charge in [0.1, 0.15) is 12.4 Å². The number of hydrogen-bond donors (Lipinski definition) is 0. The minimum Gasteiger partial charge on any atom is -0.489 e. The topological polar surface area (TPSA) is 46.6 Å². The van der Waals surface area contributed by atoms with Crippen LogP contribution in [0.15, 0.2) is 83.8 Å². The Bertz CT molecular complexity index is 1060. The molecule has 3 aromatic carbocycles. The van der Waals surface area contributed by atoms with Crippen LogP contribution in [-0.2, 0) is 11.4 Å². The van der Waals surface area contributed by atoms with E-state index in [4.69, 9.17) is 4.74 Å². The molecule has 0 atom stereocenters. The molecule has 0 aliphatic carbocycles. The molecule has 0 bridgehead atoms. The number of carbonyl (C=O) groups is 2. The minimum atomic E-state index is -0.298. The average molecular weight is 401 g/mol. The summed E-state index contributed by atoms with van der Waals surface area (Å²) in [5.41, 5.74) is 3.60. The summed E-state index contributed by atoms with van der Waals surface area (Å²) in [6, 6.07) is 24.8. The van der Waals surface area contributed by atoms with Gasteiger partial charge in [-0.15, -0.1) is 0 Å². The van der Waals surface area contributed by atoms with Crippen LogP contribution >= 0.6 is 11.8 Å². The Hall–Kier alpha value is -3.31. The number of nitrogens with zero attached hydrogens (tertiary/aromatic N) is 1. The first-order valence-electron chi connectivity index (χ1n) is 9.21. The number of anilines is 1. The Kier molecular flexibility index (Phi) is 5.49. The largest absolute Gasteiger partial charge is 0.489 e. The van der Waals surface area contributed by atoms with Gasteiger partial charge in [-0.2, -0.15) is 0 Å².